The molecule has 0 aliphatic rings. The number of benzene rings is 2. The third-order valence-corrected chi connectivity index (χ3v) is 4.28. The summed E-state index contributed by atoms with van der Waals surface area (Å²) in [6.07, 6.45) is -1.26. The van der Waals surface area contributed by atoms with Gasteiger partial charge in [-0.15, -0.1) is 0 Å². The molecule has 1 N–H and O–H groups in total. The molecule has 0 saturated heterocycles. The van der Waals surface area contributed by atoms with Gasteiger partial charge in [-0.1, -0.05) is 48.0 Å². The minimum Gasteiger partial charge on any atom is -0.498 e. The number of aliphatic hydroxyl groups is 1. The third kappa shape index (κ3) is 6.11. The Morgan fingerprint density at radius 2 is 1.89 bits per heavy atom. The van der Waals surface area contributed by atoms with E-state index in [4.69, 9.17) is 25.8 Å². The molecule has 0 radical (unpaired) electrons. The Hall–Kier alpha value is -2.83. The number of methoxy groups -OCH3 is 1. The molecule has 0 amide bonds. The predicted octanol–water partition coefficient (Wildman–Crippen LogP) is 3.50. The second-order valence-electron chi connectivity index (χ2n) is 5.93. The first kappa shape index (κ1) is 21.5. The smallest absolute Gasteiger partial charge is 0.335 e. The van der Waals surface area contributed by atoms with E-state index in [1.54, 1.807) is 13.0 Å². The third-order valence-electron chi connectivity index (χ3n) is 4.05. The molecule has 0 aromatic heterocycles. The SMILES string of the molecule is CO/C(C)=C(/COC(=O)C(O)Cc1ccc(-c2cccc(Cl)c2)cc1)OC=O. The standard InChI is InChI=1S/C21H21ClO6/c1-14(26-2)20(28-13-23)12-27-21(25)19(24)10-15-6-8-16(9-7-15)17-4-3-5-18(22)11-17/h3-9,11,13,19,24H,10,12H2,1-2H3/b20-14-. The number of halogens is 1. The summed E-state index contributed by atoms with van der Waals surface area (Å²) >= 11 is 6.01. The van der Waals surface area contributed by atoms with Gasteiger partial charge in [-0.25, -0.2) is 4.79 Å². The first-order valence-corrected chi connectivity index (χ1v) is 8.86. The zero-order chi connectivity index (χ0) is 20.5. The molecule has 7 heteroatoms. The number of carbonyl (C=O) groups excluding carboxylic acids is 2. The lowest BCUT2D eigenvalue weighted by Gasteiger charge is -2.13. The number of hydrogen-bond donors (Lipinski definition) is 1. The highest BCUT2D eigenvalue weighted by Gasteiger charge is 2.19. The zero-order valence-electron chi connectivity index (χ0n) is 15.6. The Kier molecular flexibility index (Phi) is 8.04. The van der Waals surface area contributed by atoms with Crippen LogP contribution in [0.1, 0.15) is 12.5 Å². The van der Waals surface area contributed by atoms with E-state index >= 15 is 0 Å². The lowest BCUT2D eigenvalue weighted by atomic mass is 10.0. The number of carbonyl (C=O) groups is 2. The molecule has 0 fully saturated rings. The van der Waals surface area contributed by atoms with Gasteiger partial charge in [0.15, 0.2) is 18.5 Å². The van der Waals surface area contributed by atoms with Crippen LogP contribution < -0.4 is 0 Å². The Balaban J connectivity index is 1.95. The fourth-order valence-electron chi connectivity index (χ4n) is 2.43. The second-order valence-corrected chi connectivity index (χ2v) is 6.37. The summed E-state index contributed by atoms with van der Waals surface area (Å²) in [5, 5.41) is 10.7. The summed E-state index contributed by atoms with van der Waals surface area (Å²) < 4.78 is 14.6. The van der Waals surface area contributed by atoms with Gasteiger partial charge in [0.2, 0.25) is 0 Å². The molecule has 2 aromatic carbocycles. The van der Waals surface area contributed by atoms with E-state index in [1.807, 2.05) is 42.5 Å². The van der Waals surface area contributed by atoms with Gasteiger partial charge in [0.25, 0.3) is 6.47 Å². The maximum atomic E-state index is 12.0. The van der Waals surface area contributed by atoms with Crippen molar-refractivity contribution in [3.05, 3.63) is 70.6 Å². The van der Waals surface area contributed by atoms with Crippen LogP contribution in [0.2, 0.25) is 5.02 Å². The van der Waals surface area contributed by atoms with Gasteiger partial charge in [-0.2, -0.15) is 0 Å². The first-order valence-electron chi connectivity index (χ1n) is 8.48. The molecular weight excluding hydrogens is 384 g/mol. The molecule has 0 aliphatic heterocycles. The lowest BCUT2D eigenvalue weighted by Crippen LogP contribution is -2.26. The summed E-state index contributed by atoms with van der Waals surface area (Å²) in [5.74, 6) is -0.468. The molecule has 0 spiro atoms. The summed E-state index contributed by atoms with van der Waals surface area (Å²) in [4.78, 5) is 22.5. The Labute approximate surface area is 168 Å². The molecule has 0 heterocycles. The van der Waals surface area contributed by atoms with Crippen LogP contribution in [0.3, 0.4) is 0 Å². The number of allylic oxidation sites excluding steroid dienone is 1. The molecule has 1 atom stereocenters. The molecule has 6 nitrogen and oxygen atoms in total. The number of hydrogen-bond acceptors (Lipinski definition) is 6. The Morgan fingerprint density at radius 3 is 2.50 bits per heavy atom. The largest absolute Gasteiger partial charge is 0.498 e. The predicted molar refractivity (Wildman–Crippen MR) is 104 cm³/mol. The van der Waals surface area contributed by atoms with E-state index in [-0.39, 0.29) is 25.3 Å². The minimum atomic E-state index is -1.35. The van der Waals surface area contributed by atoms with Gasteiger partial charge >= 0.3 is 5.97 Å². The molecule has 0 bridgehead atoms. The number of aliphatic hydroxyl groups excluding tert-OH is 1. The maximum absolute atomic E-state index is 12.0. The van der Waals surface area contributed by atoms with Gasteiger partial charge in [0.05, 0.1) is 7.11 Å². The molecule has 2 aromatic rings. The average molecular weight is 405 g/mol. The van der Waals surface area contributed by atoms with E-state index in [2.05, 4.69) is 0 Å². The van der Waals surface area contributed by atoms with Crippen LogP contribution in [0.25, 0.3) is 11.1 Å². The van der Waals surface area contributed by atoms with Crippen LogP contribution in [-0.2, 0) is 30.2 Å². The van der Waals surface area contributed by atoms with E-state index in [1.165, 1.54) is 7.11 Å². The van der Waals surface area contributed by atoms with Crippen LogP contribution in [0.4, 0.5) is 0 Å². The zero-order valence-corrected chi connectivity index (χ0v) is 16.3. The van der Waals surface area contributed by atoms with Crippen molar-refractivity contribution in [3.63, 3.8) is 0 Å². The van der Waals surface area contributed by atoms with Crippen molar-refractivity contribution in [3.8, 4) is 11.1 Å². The molecule has 0 aliphatic carbocycles. The van der Waals surface area contributed by atoms with Gasteiger partial charge < -0.3 is 19.3 Å². The molecule has 148 valence electrons. The maximum Gasteiger partial charge on any atom is 0.335 e. The van der Waals surface area contributed by atoms with Crippen molar-refractivity contribution in [2.45, 2.75) is 19.4 Å². The van der Waals surface area contributed by atoms with Crippen LogP contribution >= 0.6 is 11.6 Å². The number of rotatable bonds is 9. The van der Waals surface area contributed by atoms with Crippen molar-refractivity contribution < 1.29 is 28.9 Å². The fourth-order valence-corrected chi connectivity index (χ4v) is 2.62. The van der Waals surface area contributed by atoms with Gasteiger partial charge in [0.1, 0.15) is 5.76 Å². The molecule has 0 saturated carbocycles. The summed E-state index contributed by atoms with van der Waals surface area (Å²) in [7, 11) is 1.40. The normalized spacial score (nSPS) is 12.6. The van der Waals surface area contributed by atoms with Crippen molar-refractivity contribution in [1.82, 2.24) is 0 Å². The number of ether oxygens (including phenoxy) is 3. The monoisotopic (exact) mass is 404 g/mol. The van der Waals surface area contributed by atoms with E-state index in [0.717, 1.165) is 16.7 Å². The van der Waals surface area contributed by atoms with Crippen LogP contribution in [-0.4, -0.2) is 37.4 Å². The van der Waals surface area contributed by atoms with E-state index in [0.29, 0.717) is 10.8 Å². The van der Waals surface area contributed by atoms with Crippen LogP contribution in [0, 0.1) is 0 Å². The quantitative estimate of drug-likeness (QED) is 0.391. The first-order chi connectivity index (χ1) is 13.4. The van der Waals surface area contributed by atoms with Crippen molar-refractivity contribution in [2.24, 2.45) is 0 Å². The van der Waals surface area contributed by atoms with Gasteiger partial charge in [-0.05, 0) is 35.7 Å². The van der Waals surface area contributed by atoms with Crippen molar-refractivity contribution >= 4 is 24.0 Å². The van der Waals surface area contributed by atoms with E-state index < -0.39 is 12.1 Å². The Morgan fingerprint density at radius 1 is 1.18 bits per heavy atom. The molecule has 1 unspecified atom stereocenters. The van der Waals surface area contributed by atoms with Crippen molar-refractivity contribution in [1.29, 1.82) is 0 Å². The molecule has 2 rings (SSSR count). The average Bonchev–Trinajstić information content (AvgIpc) is 2.70. The van der Waals surface area contributed by atoms with Crippen LogP contribution in [0.15, 0.2) is 60.0 Å². The highest BCUT2D eigenvalue weighted by molar-refractivity contribution is 6.30. The topological polar surface area (TPSA) is 82.1 Å². The van der Waals surface area contributed by atoms with Crippen molar-refractivity contribution in [2.75, 3.05) is 13.7 Å². The minimum absolute atomic E-state index is 0.0592. The highest BCUT2D eigenvalue weighted by Crippen LogP contribution is 2.23. The lowest BCUT2D eigenvalue weighted by molar-refractivity contribution is -0.154. The Bertz CT molecular complexity index is 844. The van der Waals surface area contributed by atoms with Gasteiger partial charge in [0, 0.05) is 11.4 Å². The molecule has 28 heavy (non-hydrogen) atoms. The summed E-state index contributed by atoms with van der Waals surface area (Å²) in [6.45, 7) is 1.45. The van der Waals surface area contributed by atoms with Crippen LogP contribution in [0.5, 0.6) is 0 Å². The van der Waals surface area contributed by atoms with Gasteiger partial charge in [-0.3, -0.25) is 4.79 Å². The molecular formula is C21H21ClO6. The highest BCUT2D eigenvalue weighted by atomic mass is 35.5. The fraction of sp³-hybridized carbons (Fsp3) is 0.238. The summed E-state index contributed by atoms with van der Waals surface area (Å²) in [5.41, 5.74) is 2.71. The summed E-state index contributed by atoms with van der Waals surface area (Å²) in [6, 6.07) is 14.9. The van der Waals surface area contributed by atoms with E-state index in [9.17, 15) is 14.7 Å². The second kappa shape index (κ2) is 10.5. The number of esters is 1.